The highest BCUT2D eigenvalue weighted by Crippen LogP contribution is 2.23. The molecule has 100 valence electrons. The van der Waals surface area contributed by atoms with Gasteiger partial charge in [0.25, 0.3) is 5.69 Å². The summed E-state index contributed by atoms with van der Waals surface area (Å²) in [5.41, 5.74) is 3.60. The zero-order valence-corrected chi connectivity index (χ0v) is 10.8. The average Bonchev–Trinajstić information content (AvgIpc) is 2.35. The normalized spacial score (nSPS) is 12.3. The molecule has 0 bridgehead atoms. The first kappa shape index (κ1) is 14.2. The van der Waals surface area contributed by atoms with Gasteiger partial charge in [0.2, 0.25) is 0 Å². The van der Waals surface area contributed by atoms with Crippen LogP contribution < -0.4 is 16.6 Å². The van der Waals surface area contributed by atoms with Crippen LogP contribution in [0.3, 0.4) is 0 Å². The molecule has 0 spiro atoms. The summed E-state index contributed by atoms with van der Waals surface area (Å²) in [5, 5.41) is 13.9. The predicted molar refractivity (Wildman–Crippen MR) is 72.5 cm³/mol. The van der Waals surface area contributed by atoms with Crippen LogP contribution >= 0.6 is 0 Å². The predicted octanol–water partition coefficient (Wildman–Crippen LogP) is 1.24. The number of nitrogens with zero attached hydrogens (tertiary/aromatic N) is 2. The molecule has 0 heterocycles. The lowest BCUT2D eigenvalue weighted by Gasteiger charge is -2.20. The fourth-order valence-electron chi connectivity index (χ4n) is 1.35. The largest absolute Gasteiger partial charge is 0.383 e. The summed E-state index contributed by atoms with van der Waals surface area (Å²) in [6, 6.07) is 4.93. The first-order chi connectivity index (χ1) is 8.43. The van der Waals surface area contributed by atoms with Gasteiger partial charge >= 0.3 is 0 Å². The number of nitrogens with one attached hydrogen (secondary N) is 2. The number of nitro groups is 1. The van der Waals surface area contributed by atoms with Crippen LogP contribution in [-0.4, -0.2) is 36.5 Å². The van der Waals surface area contributed by atoms with E-state index >= 15 is 0 Å². The maximum atomic E-state index is 10.8. The van der Waals surface area contributed by atoms with E-state index in [0.717, 1.165) is 0 Å². The van der Waals surface area contributed by atoms with Crippen molar-refractivity contribution in [1.29, 1.82) is 0 Å². The van der Waals surface area contributed by atoms with E-state index < -0.39 is 4.92 Å². The minimum Gasteiger partial charge on any atom is -0.383 e. The Morgan fingerprint density at radius 1 is 1.39 bits per heavy atom. The minimum atomic E-state index is -0.443. The monoisotopic (exact) mass is 253 g/mol. The number of rotatable bonds is 6. The molecule has 0 radical (unpaired) electrons. The molecule has 4 N–H and O–H groups in total. The van der Waals surface area contributed by atoms with Crippen LogP contribution in [0.2, 0.25) is 0 Å². The molecule has 0 fully saturated rings. The Bertz CT molecular complexity index is 422. The summed E-state index contributed by atoms with van der Waals surface area (Å²) in [5.74, 6) is 5.28. The molecule has 1 aromatic carbocycles. The summed E-state index contributed by atoms with van der Waals surface area (Å²) in [6.07, 6.45) is 0. The van der Waals surface area contributed by atoms with Gasteiger partial charge in [-0.1, -0.05) is 0 Å². The van der Waals surface area contributed by atoms with Crippen LogP contribution in [0.4, 0.5) is 17.1 Å². The lowest BCUT2D eigenvalue weighted by atomic mass is 10.2. The Morgan fingerprint density at radius 2 is 2.00 bits per heavy atom. The maximum absolute atomic E-state index is 10.8. The van der Waals surface area contributed by atoms with E-state index in [2.05, 4.69) is 22.6 Å². The molecule has 7 heteroatoms. The molecule has 7 nitrogen and oxygen atoms in total. The quantitative estimate of drug-likeness (QED) is 0.401. The van der Waals surface area contributed by atoms with E-state index in [1.54, 1.807) is 6.07 Å². The first-order valence-corrected chi connectivity index (χ1v) is 5.60. The number of nitrogens with two attached hydrogens (primary N) is 1. The molecule has 0 aromatic heterocycles. The van der Waals surface area contributed by atoms with Crippen molar-refractivity contribution in [2.24, 2.45) is 5.84 Å². The van der Waals surface area contributed by atoms with E-state index in [1.165, 1.54) is 12.1 Å². The molecule has 0 amide bonds. The van der Waals surface area contributed by atoms with Crippen molar-refractivity contribution >= 4 is 17.1 Å². The van der Waals surface area contributed by atoms with Gasteiger partial charge in [-0.25, -0.2) is 0 Å². The third-order valence-electron chi connectivity index (χ3n) is 2.78. The smallest absolute Gasteiger partial charge is 0.273 e. The van der Waals surface area contributed by atoms with Crippen molar-refractivity contribution in [3.8, 4) is 0 Å². The number of hydrazine groups is 1. The van der Waals surface area contributed by atoms with Crippen LogP contribution in [-0.2, 0) is 0 Å². The Labute approximate surface area is 106 Å². The Hall–Kier alpha value is -1.86. The highest BCUT2D eigenvalue weighted by Gasteiger charge is 2.10. The van der Waals surface area contributed by atoms with Crippen molar-refractivity contribution < 1.29 is 4.92 Å². The Balaban J connectivity index is 2.81. The van der Waals surface area contributed by atoms with Gasteiger partial charge in [-0.05, 0) is 27.1 Å². The molecular weight excluding hydrogens is 234 g/mol. The van der Waals surface area contributed by atoms with Gasteiger partial charge < -0.3 is 15.6 Å². The molecule has 18 heavy (non-hydrogen) atoms. The lowest BCUT2D eigenvalue weighted by molar-refractivity contribution is -0.384. The number of non-ortho nitro benzene ring substituents is 1. The third-order valence-corrected chi connectivity index (χ3v) is 2.78. The molecular formula is C11H19N5O2. The van der Waals surface area contributed by atoms with Crippen LogP contribution in [0.25, 0.3) is 0 Å². The van der Waals surface area contributed by atoms with E-state index in [4.69, 9.17) is 5.84 Å². The van der Waals surface area contributed by atoms with Gasteiger partial charge in [0.05, 0.1) is 10.6 Å². The highest BCUT2D eigenvalue weighted by atomic mass is 16.6. The summed E-state index contributed by atoms with van der Waals surface area (Å²) in [4.78, 5) is 12.4. The second-order valence-corrected chi connectivity index (χ2v) is 4.36. The van der Waals surface area contributed by atoms with Crippen LogP contribution in [0, 0.1) is 10.1 Å². The summed E-state index contributed by atoms with van der Waals surface area (Å²) < 4.78 is 0. The number of likely N-dealkylation sites (N-methyl/N-ethyl adjacent to an activating group) is 1. The van der Waals surface area contributed by atoms with Gasteiger partial charge in [0, 0.05) is 30.4 Å². The number of nitrogen functional groups attached to an aromatic ring is 1. The van der Waals surface area contributed by atoms with E-state index in [-0.39, 0.29) is 5.69 Å². The van der Waals surface area contributed by atoms with Crippen molar-refractivity contribution in [3.05, 3.63) is 28.3 Å². The molecule has 0 aliphatic rings. The van der Waals surface area contributed by atoms with E-state index in [9.17, 15) is 10.1 Å². The topological polar surface area (TPSA) is 96.5 Å². The molecule has 1 atom stereocenters. The average molecular weight is 253 g/mol. The summed E-state index contributed by atoms with van der Waals surface area (Å²) >= 11 is 0. The Kier molecular flexibility index (Phi) is 4.87. The van der Waals surface area contributed by atoms with Crippen molar-refractivity contribution in [3.63, 3.8) is 0 Å². The number of anilines is 2. The summed E-state index contributed by atoms with van der Waals surface area (Å²) in [7, 11) is 3.96. The maximum Gasteiger partial charge on any atom is 0.273 e. The Morgan fingerprint density at radius 3 is 2.50 bits per heavy atom. The van der Waals surface area contributed by atoms with Gasteiger partial charge in [-0.3, -0.25) is 16.0 Å². The van der Waals surface area contributed by atoms with Gasteiger partial charge in [0.1, 0.15) is 0 Å². The summed E-state index contributed by atoms with van der Waals surface area (Å²) in [6.45, 7) is 2.75. The number of nitro benzene ring substituents is 1. The third kappa shape index (κ3) is 3.86. The van der Waals surface area contributed by atoms with Crippen LogP contribution in [0.1, 0.15) is 6.92 Å². The van der Waals surface area contributed by atoms with Crippen LogP contribution in [0.5, 0.6) is 0 Å². The highest BCUT2D eigenvalue weighted by molar-refractivity contribution is 5.63. The van der Waals surface area contributed by atoms with E-state index in [1.807, 2.05) is 14.1 Å². The van der Waals surface area contributed by atoms with Gasteiger partial charge in [-0.2, -0.15) is 0 Å². The van der Waals surface area contributed by atoms with E-state index in [0.29, 0.717) is 24.0 Å². The zero-order valence-electron chi connectivity index (χ0n) is 10.8. The number of benzene rings is 1. The second-order valence-electron chi connectivity index (χ2n) is 4.36. The number of hydrogen-bond donors (Lipinski definition) is 3. The van der Waals surface area contributed by atoms with Crippen molar-refractivity contribution in [2.75, 3.05) is 31.4 Å². The van der Waals surface area contributed by atoms with Crippen LogP contribution in [0.15, 0.2) is 18.2 Å². The standard InChI is InChI=1S/C11H19N5O2/c1-8(15(2)3)7-13-9-4-10(14-12)6-11(5-9)16(17)18/h4-6,8,13-14H,7,12H2,1-3H3. The van der Waals surface area contributed by atoms with Crippen molar-refractivity contribution in [2.45, 2.75) is 13.0 Å². The molecule has 1 aromatic rings. The number of hydrogen-bond acceptors (Lipinski definition) is 6. The molecule has 0 saturated carbocycles. The minimum absolute atomic E-state index is 0.00505. The SMILES string of the molecule is CC(CNc1cc(NN)cc([N+](=O)[O-])c1)N(C)C. The van der Waals surface area contributed by atoms with Crippen molar-refractivity contribution in [1.82, 2.24) is 4.90 Å². The molecule has 0 saturated heterocycles. The first-order valence-electron chi connectivity index (χ1n) is 5.60. The fraction of sp³-hybridized carbons (Fsp3) is 0.455. The van der Waals surface area contributed by atoms with Gasteiger partial charge in [0.15, 0.2) is 0 Å². The zero-order chi connectivity index (χ0) is 13.7. The molecule has 1 rings (SSSR count). The molecule has 0 aliphatic heterocycles. The van der Waals surface area contributed by atoms with Gasteiger partial charge in [-0.15, -0.1) is 0 Å². The molecule has 1 unspecified atom stereocenters. The fourth-order valence-corrected chi connectivity index (χ4v) is 1.35. The lowest BCUT2D eigenvalue weighted by Crippen LogP contribution is -2.31. The second kappa shape index (κ2) is 6.18. The molecule has 0 aliphatic carbocycles.